The third-order valence-electron chi connectivity index (χ3n) is 10.2. The normalized spacial score (nSPS) is 18.5. The molecule has 1 saturated heterocycles. The number of fused-ring (bicyclic) bond motifs is 2. The summed E-state index contributed by atoms with van der Waals surface area (Å²) in [5.74, 6) is 1.14. The number of hydrogen-bond donors (Lipinski definition) is 0. The van der Waals surface area contributed by atoms with E-state index < -0.39 is 20.3 Å². The van der Waals surface area contributed by atoms with Crippen LogP contribution in [0.4, 0.5) is 0 Å². The van der Waals surface area contributed by atoms with Crippen molar-refractivity contribution >= 4 is 12.2 Å². The molecule has 2 atom stereocenters. The molecule has 0 aromatic heterocycles. The molecule has 0 saturated carbocycles. The molecule has 2 unspecified atom stereocenters. The van der Waals surface area contributed by atoms with E-state index in [-0.39, 0.29) is 24.8 Å². The van der Waals surface area contributed by atoms with Crippen molar-refractivity contribution in [3.8, 4) is 22.3 Å². The van der Waals surface area contributed by atoms with Gasteiger partial charge in [0.2, 0.25) is 0 Å². The van der Waals surface area contributed by atoms with E-state index in [9.17, 15) is 0 Å². The zero-order chi connectivity index (χ0) is 28.5. The van der Waals surface area contributed by atoms with Crippen LogP contribution >= 0.6 is 0 Å². The van der Waals surface area contributed by atoms with Gasteiger partial charge in [0, 0.05) is 0 Å². The molecule has 43 heavy (non-hydrogen) atoms. The van der Waals surface area contributed by atoms with Crippen LogP contribution < -0.4 is 24.8 Å². The summed E-state index contributed by atoms with van der Waals surface area (Å²) in [5.41, 5.74) is 17.9. The van der Waals surface area contributed by atoms with Gasteiger partial charge in [-0.1, -0.05) is 0 Å². The maximum atomic E-state index is 2.63. The Kier molecular flexibility index (Phi) is 9.23. The van der Waals surface area contributed by atoms with E-state index in [1.54, 1.807) is 22.3 Å². The van der Waals surface area contributed by atoms with Gasteiger partial charge in [-0.15, -0.1) is 0 Å². The Labute approximate surface area is 275 Å². The van der Waals surface area contributed by atoms with Gasteiger partial charge in [0.25, 0.3) is 0 Å². The van der Waals surface area contributed by atoms with Gasteiger partial charge >= 0.3 is 253 Å². The molecule has 0 radical (unpaired) electrons. The van der Waals surface area contributed by atoms with Gasteiger partial charge in [-0.25, -0.2) is 0 Å². The first-order chi connectivity index (χ1) is 19.8. The second-order valence-corrected chi connectivity index (χ2v) is 24.9. The van der Waals surface area contributed by atoms with Crippen molar-refractivity contribution in [2.45, 2.75) is 57.1 Å². The average molecular weight is 685 g/mol. The van der Waals surface area contributed by atoms with Gasteiger partial charge in [0.15, 0.2) is 0 Å². The molecule has 1 fully saturated rings. The van der Waals surface area contributed by atoms with Crippen molar-refractivity contribution in [1.82, 2.24) is 0 Å². The Bertz CT molecular complexity index is 1580. The molecule has 2 aliphatic carbocycles. The summed E-state index contributed by atoms with van der Waals surface area (Å²) in [7, 11) is 0. The molecule has 0 N–H and O–H groups in total. The van der Waals surface area contributed by atoms with E-state index in [0.717, 1.165) is 0 Å². The van der Waals surface area contributed by atoms with Gasteiger partial charge in [-0.3, -0.25) is 0 Å². The topological polar surface area (TPSA) is 0 Å². The summed E-state index contributed by atoms with van der Waals surface area (Å²) in [6.45, 7) is 14.1. The van der Waals surface area contributed by atoms with Crippen molar-refractivity contribution in [2.75, 3.05) is 0 Å². The molecule has 4 aromatic rings. The number of benzene rings is 4. The standard InChI is InChI=1S/2C19H19.C2H4.2ClH.Zr/c2*1-13(2)17-11-16-5-4-6-18(19(16)12-17)15-9-7-14(3)8-10-15;1-2;;;/h2*4-13H,1-3H3;1-2H2;2*1H;/q;;;;;+2/p-2. The summed E-state index contributed by atoms with van der Waals surface area (Å²) in [6, 6.07) is 32.7. The van der Waals surface area contributed by atoms with E-state index in [4.69, 9.17) is 0 Å². The van der Waals surface area contributed by atoms with E-state index in [1.807, 2.05) is 0 Å². The zero-order valence-corrected chi connectivity index (χ0v) is 30.2. The summed E-state index contributed by atoms with van der Waals surface area (Å²) in [4.78, 5) is 0. The van der Waals surface area contributed by atoms with E-state index in [0.29, 0.717) is 19.1 Å². The quantitative estimate of drug-likeness (QED) is 0.251. The number of rotatable bonds is 6. The van der Waals surface area contributed by atoms with Gasteiger partial charge in [-0.2, -0.15) is 0 Å². The second kappa shape index (κ2) is 12.3. The van der Waals surface area contributed by atoms with Crippen LogP contribution in [0.5, 0.6) is 0 Å². The van der Waals surface area contributed by atoms with Crippen molar-refractivity contribution in [3.05, 3.63) is 129 Å². The Balaban J connectivity index is 0.00000184. The van der Waals surface area contributed by atoms with Gasteiger partial charge in [-0.05, 0) is 0 Å². The van der Waals surface area contributed by atoms with Crippen LogP contribution in [0, 0.1) is 25.7 Å². The van der Waals surface area contributed by atoms with E-state index in [2.05, 4.69) is 139 Å². The number of halogens is 2. The average Bonchev–Trinajstić information content (AvgIpc) is 3.47. The third kappa shape index (κ3) is 5.39. The van der Waals surface area contributed by atoms with Crippen molar-refractivity contribution in [2.24, 2.45) is 11.8 Å². The van der Waals surface area contributed by atoms with Crippen LogP contribution in [0.3, 0.4) is 0 Å². The van der Waals surface area contributed by atoms with Gasteiger partial charge < -0.3 is 24.8 Å². The minimum absolute atomic E-state index is 0. The number of hydrogen-bond acceptors (Lipinski definition) is 0. The van der Waals surface area contributed by atoms with Crippen molar-refractivity contribution in [3.63, 3.8) is 0 Å². The Morgan fingerprint density at radius 3 is 1.23 bits per heavy atom. The Hall–Kier alpha value is -2.18. The molecule has 0 nitrogen and oxygen atoms in total. The summed E-state index contributed by atoms with van der Waals surface area (Å²) >= 11 is -2.76. The largest absolute Gasteiger partial charge is 1.00 e. The third-order valence-corrected chi connectivity index (χ3v) is 23.1. The van der Waals surface area contributed by atoms with Crippen LogP contribution in [0.2, 0.25) is 8.26 Å². The smallest absolute Gasteiger partial charge is 1.00 e. The molecule has 1 heterocycles. The second-order valence-electron chi connectivity index (χ2n) is 13.5. The van der Waals surface area contributed by atoms with E-state index in [1.165, 1.54) is 52.8 Å². The first kappa shape index (κ1) is 32.2. The fraction of sp³-hybridized carbons (Fsp3) is 0.300. The summed E-state index contributed by atoms with van der Waals surface area (Å²) in [6.07, 6.45) is 5.27. The first-order valence-electron chi connectivity index (χ1n) is 15.6. The van der Waals surface area contributed by atoms with Crippen molar-refractivity contribution < 1.29 is 45.1 Å². The fourth-order valence-corrected chi connectivity index (χ4v) is 26.2. The SMILES string of the molecule is Cc1ccc(-c2cccc3c2C=C(C(C)C)[CH]3[Zr+2]2([CH]3C(C(C)C)=Cc4c(-c5ccc(C)cc5)cccc43)[CH2][CH2]2)cc1.[Cl-].[Cl-]. The van der Waals surface area contributed by atoms with Crippen LogP contribution in [0.25, 0.3) is 34.4 Å². The van der Waals surface area contributed by atoms with Crippen LogP contribution in [-0.2, 0) is 20.3 Å². The molecule has 7 rings (SSSR count). The van der Waals surface area contributed by atoms with Crippen molar-refractivity contribution in [1.29, 1.82) is 0 Å². The molecule has 3 aliphatic rings. The summed E-state index contributed by atoms with van der Waals surface area (Å²) < 4.78 is 4.35. The number of allylic oxidation sites excluding steroid dienone is 2. The first-order valence-corrected chi connectivity index (χ1v) is 21.9. The maximum absolute atomic E-state index is 2.76. The molecule has 3 heteroatoms. The number of aryl methyl sites for hydroxylation is 2. The predicted molar refractivity (Wildman–Crippen MR) is 174 cm³/mol. The summed E-state index contributed by atoms with van der Waals surface area (Å²) in [5, 5.41) is 0. The van der Waals surface area contributed by atoms with Crippen LogP contribution in [0.15, 0.2) is 96.1 Å². The van der Waals surface area contributed by atoms with Crippen LogP contribution in [-0.4, -0.2) is 0 Å². The molecule has 0 spiro atoms. The minimum atomic E-state index is -2.76. The fourth-order valence-electron chi connectivity index (χ4n) is 7.99. The Morgan fingerprint density at radius 1 is 0.535 bits per heavy atom. The minimum Gasteiger partial charge on any atom is -1.00 e. The van der Waals surface area contributed by atoms with Gasteiger partial charge in [0.1, 0.15) is 0 Å². The molecule has 0 amide bonds. The maximum Gasteiger partial charge on any atom is -1.00 e. The molecule has 220 valence electrons. The van der Waals surface area contributed by atoms with Crippen LogP contribution in [0.1, 0.15) is 68.3 Å². The zero-order valence-electron chi connectivity index (χ0n) is 26.2. The molecule has 4 aromatic carbocycles. The Morgan fingerprint density at radius 2 is 0.907 bits per heavy atom. The van der Waals surface area contributed by atoms with Gasteiger partial charge in [0.05, 0.1) is 0 Å². The molecular formula is C40H42Cl2Zr. The molecule has 1 aliphatic heterocycles. The van der Waals surface area contributed by atoms with E-state index >= 15 is 0 Å². The predicted octanol–water partition coefficient (Wildman–Crippen LogP) is 5.54. The molecular weight excluding hydrogens is 643 g/mol. The molecule has 0 bridgehead atoms. The monoisotopic (exact) mass is 682 g/mol.